The number of nitrogens with zero attached hydrogens (tertiary/aromatic N) is 1. The molecule has 106 valence electrons. The number of pyridine rings is 1. The van der Waals surface area contributed by atoms with Gasteiger partial charge in [-0.05, 0) is 24.3 Å². The molecule has 0 radical (unpaired) electrons. The molecule has 0 amide bonds. The lowest BCUT2D eigenvalue weighted by Gasteiger charge is -2.38. The topological polar surface area (TPSA) is 57.7 Å². The molecule has 5 heteroatoms. The molecule has 0 bridgehead atoms. The summed E-state index contributed by atoms with van der Waals surface area (Å²) in [5.41, 5.74) is 0. The van der Waals surface area contributed by atoms with Gasteiger partial charge in [0, 0.05) is 31.5 Å². The summed E-state index contributed by atoms with van der Waals surface area (Å²) in [5, 5.41) is 0. The van der Waals surface area contributed by atoms with Crippen molar-refractivity contribution >= 4 is 5.97 Å². The second-order valence-electron chi connectivity index (χ2n) is 5.91. The summed E-state index contributed by atoms with van der Waals surface area (Å²) in [6.45, 7) is 0.557. The van der Waals surface area contributed by atoms with Gasteiger partial charge in [0.05, 0.1) is 6.61 Å². The molecular formula is C15H17NO4. The van der Waals surface area contributed by atoms with Crippen molar-refractivity contribution < 1.29 is 19.0 Å². The first kappa shape index (κ1) is 12.3. The minimum Gasteiger partial charge on any atom is -0.406 e. The average molecular weight is 275 g/mol. The first-order chi connectivity index (χ1) is 9.74. The molecular weight excluding hydrogens is 258 g/mol. The largest absolute Gasteiger partial charge is 0.406 e. The number of hydrogen-bond acceptors (Lipinski definition) is 5. The van der Waals surface area contributed by atoms with Gasteiger partial charge >= 0.3 is 5.97 Å². The lowest BCUT2D eigenvalue weighted by Crippen LogP contribution is -2.47. The van der Waals surface area contributed by atoms with Crippen molar-refractivity contribution in [3.63, 3.8) is 0 Å². The van der Waals surface area contributed by atoms with E-state index in [2.05, 4.69) is 4.98 Å². The van der Waals surface area contributed by atoms with E-state index in [0.717, 1.165) is 24.7 Å². The van der Waals surface area contributed by atoms with Crippen LogP contribution in [0.3, 0.4) is 0 Å². The fourth-order valence-corrected chi connectivity index (χ4v) is 3.35. The normalized spacial score (nSPS) is 38.5. The van der Waals surface area contributed by atoms with Crippen LogP contribution in [0.5, 0.6) is 5.88 Å². The number of hydrogen-bond donors (Lipinski definition) is 0. The zero-order valence-corrected chi connectivity index (χ0v) is 11.2. The van der Waals surface area contributed by atoms with Crippen molar-refractivity contribution in [2.24, 2.45) is 11.8 Å². The molecule has 2 heterocycles. The highest BCUT2D eigenvalue weighted by atomic mass is 16.7. The second-order valence-corrected chi connectivity index (χ2v) is 5.91. The van der Waals surface area contributed by atoms with Crippen LogP contribution in [0.2, 0.25) is 0 Å². The quantitative estimate of drug-likeness (QED) is 0.772. The minimum atomic E-state index is -0.539. The van der Waals surface area contributed by atoms with Crippen molar-refractivity contribution in [2.45, 2.75) is 37.6 Å². The van der Waals surface area contributed by atoms with Crippen molar-refractivity contribution in [1.82, 2.24) is 4.98 Å². The summed E-state index contributed by atoms with van der Waals surface area (Å²) >= 11 is 0. The molecule has 4 rings (SSSR count). The minimum absolute atomic E-state index is 0.316. The van der Waals surface area contributed by atoms with E-state index in [-0.39, 0.29) is 5.97 Å². The Morgan fingerprint density at radius 3 is 2.95 bits per heavy atom. The highest BCUT2D eigenvalue weighted by Gasteiger charge is 2.58. The van der Waals surface area contributed by atoms with Gasteiger partial charge in [0.25, 0.3) is 0 Å². The molecule has 1 aliphatic heterocycles. The summed E-state index contributed by atoms with van der Waals surface area (Å²) in [6.07, 6.45) is 4.73. The number of carbonyl (C=O) groups is 1. The van der Waals surface area contributed by atoms with Gasteiger partial charge in [-0.15, -0.1) is 0 Å². The van der Waals surface area contributed by atoms with Crippen LogP contribution in [0.1, 0.15) is 25.7 Å². The van der Waals surface area contributed by atoms with E-state index in [1.165, 1.54) is 6.42 Å². The highest BCUT2D eigenvalue weighted by molar-refractivity contribution is 5.77. The molecule has 0 N–H and O–H groups in total. The second kappa shape index (κ2) is 4.53. The Balaban J connectivity index is 1.42. The van der Waals surface area contributed by atoms with Crippen molar-refractivity contribution in [3.05, 3.63) is 24.4 Å². The van der Waals surface area contributed by atoms with Crippen LogP contribution < -0.4 is 4.74 Å². The van der Waals surface area contributed by atoms with Gasteiger partial charge < -0.3 is 14.2 Å². The van der Waals surface area contributed by atoms with E-state index in [9.17, 15) is 4.79 Å². The van der Waals surface area contributed by atoms with Crippen LogP contribution in [0.25, 0.3) is 0 Å². The Kier molecular flexibility index (Phi) is 2.79. The van der Waals surface area contributed by atoms with Crippen molar-refractivity contribution in [3.8, 4) is 5.88 Å². The SMILES string of the molecule is O=C(Oc1ccccn1)C1CCOC2(CC3CC3C2)O1. The first-order valence-corrected chi connectivity index (χ1v) is 7.19. The number of esters is 1. The highest BCUT2D eigenvalue weighted by Crippen LogP contribution is 2.58. The zero-order valence-electron chi connectivity index (χ0n) is 11.2. The monoisotopic (exact) mass is 275 g/mol. The summed E-state index contributed by atoms with van der Waals surface area (Å²) in [6, 6.07) is 5.23. The summed E-state index contributed by atoms with van der Waals surface area (Å²) in [5.74, 6) is 0.892. The Labute approximate surface area is 117 Å². The number of aromatic nitrogens is 1. The predicted molar refractivity (Wildman–Crippen MR) is 68.9 cm³/mol. The average Bonchev–Trinajstić information content (AvgIpc) is 3.08. The first-order valence-electron chi connectivity index (χ1n) is 7.19. The predicted octanol–water partition coefficient (Wildman–Crippen LogP) is 1.92. The zero-order chi connectivity index (χ0) is 13.6. The fraction of sp³-hybridized carbons (Fsp3) is 0.600. The fourth-order valence-electron chi connectivity index (χ4n) is 3.35. The maximum atomic E-state index is 12.2. The smallest absolute Gasteiger partial charge is 0.342 e. The van der Waals surface area contributed by atoms with Gasteiger partial charge in [-0.1, -0.05) is 6.07 Å². The Hall–Kier alpha value is -1.46. The van der Waals surface area contributed by atoms with Gasteiger partial charge in [-0.3, -0.25) is 0 Å². The summed E-state index contributed by atoms with van der Waals surface area (Å²) in [7, 11) is 0. The van der Waals surface area contributed by atoms with Gasteiger partial charge in [-0.25, -0.2) is 9.78 Å². The van der Waals surface area contributed by atoms with Gasteiger partial charge in [0.1, 0.15) is 0 Å². The molecule has 2 aliphatic carbocycles. The molecule has 1 saturated heterocycles. The molecule has 2 saturated carbocycles. The van der Waals surface area contributed by atoms with E-state index >= 15 is 0 Å². The lowest BCUT2D eigenvalue weighted by molar-refractivity contribution is -0.291. The molecule has 3 aliphatic rings. The third kappa shape index (κ3) is 2.21. The van der Waals surface area contributed by atoms with Gasteiger partial charge in [0.15, 0.2) is 11.9 Å². The number of fused-ring (bicyclic) bond motifs is 1. The molecule has 5 nitrogen and oxygen atoms in total. The molecule has 20 heavy (non-hydrogen) atoms. The van der Waals surface area contributed by atoms with Crippen molar-refractivity contribution in [1.29, 1.82) is 0 Å². The molecule has 3 unspecified atom stereocenters. The van der Waals surface area contributed by atoms with E-state index in [1.807, 2.05) is 0 Å². The molecule has 0 aromatic carbocycles. The third-order valence-corrected chi connectivity index (χ3v) is 4.42. The summed E-state index contributed by atoms with van der Waals surface area (Å²) in [4.78, 5) is 16.1. The summed E-state index contributed by atoms with van der Waals surface area (Å²) < 4.78 is 17.0. The lowest BCUT2D eigenvalue weighted by atomic mass is 10.1. The molecule has 1 aromatic heterocycles. The number of rotatable bonds is 2. The van der Waals surface area contributed by atoms with E-state index < -0.39 is 11.9 Å². The van der Waals surface area contributed by atoms with Crippen LogP contribution in [0, 0.1) is 11.8 Å². The Morgan fingerprint density at radius 2 is 2.20 bits per heavy atom. The maximum absolute atomic E-state index is 12.2. The molecule has 3 atom stereocenters. The van der Waals surface area contributed by atoms with E-state index in [1.54, 1.807) is 24.4 Å². The number of carbonyl (C=O) groups excluding carboxylic acids is 1. The Bertz CT molecular complexity index is 508. The van der Waals surface area contributed by atoms with Gasteiger partial charge in [0.2, 0.25) is 5.88 Å². The van der Waals surface area contributed by atoms with Gasteiger partial charge in [-0.2, -0.15) is 0 Å². The van der Waals surface area contributed by atoms with Crippen LogP contribution in [0.4, 0.5) is 0 Å². The molecule has 3 fully saturated rings. The van der Waals surface area contributed by atoms with Crippen LogP contribution in [-0.4, -0.2) is 29.5 Å². The van der Waals surface area contributed by atoms with E-state index in [4.69, 9.17) is 14.2 Å². The number of ether oxygens (including phenoxy) is 3. The van der Waals surface area contributed by atoms with Crippen LogP contribution in [-0.2, 0) is 14.3 Å². The third-order valence-electron chi connectivity index (χ3n) is 4.42. The van der Waals surface area contributed by atoms with E-state index in [0.29, 0.717) is 18.9 Å². The van der Waals surface area contributed by atoms with Crippen molar-refractivity contribution in [2.75, 3.05) is 6.61 Å². The van der Waals surface area contributed by atoms with Crippen LogP contribution in [0.15, 0.2) is 24.4 Å². The van der Waals surface area contributed by atoms with Crippen LogP contribution >= 0.6 is 0 Å². The maximum Gasteiger partial charge on any atom is 0.342 e. The standard InChI is InChI=1S/C15H17NO4/c17-14(19-13-3-1-2-5-16-13)12-4-6-18-15(20-12)8-10-7-11(10)9-15/h1-3,5,10-12H,4,6-9H2. The molecule has 1 spiro atoms. The molecule has 1 aromatic rings. The Morgan fingerprint density at radius 1 is 1.35 bits per heavy atom.